The molecule has 0 atom stereocenters. The Bertz CT molecular complexity index is 346. The molecule has 1 aliphatic rings. The van der Waals surface area contributed by atoms with Crippen LogP contribution in [0.15, 0.2) is 16.7 Å². The van der Waals surface area contributed by atoms with Gasteiger partial charge in [0.25, 0.3) is 0 Å². The summed E-state index contributed by atoms with van der Waals surface area (Å²) in [5.41, 5.74) is 6.60. The SMILES string of the molecule is CC1CCN(c2nccc(N)c2Br)CC1. The molecule has 2 rings (SSSR count). The average Bonchev–Trinajstić information content (AvgIpc) is 2.24. The smallest absolute Gasteiger partial charge is 0.144 e. The first kappa shape index (κ1) is 10.7. The maximum absolute atomic E-state index is 5.84. The van der Waals surface area contributed by atoms with E-state index in [4.69, 9.17) is 5.73 Å². The number of nitrogens with two attached hydrogens (primary N) is 1. The molecule has 0 radical (unpaired) electrons. The van der Waals surface area contributed by atoms with Gasteiger partial charge in [0.2, 0.25) is 0 Å². The second-order valence-electron chi connectivity index (χ2n) is 4.21. The van der Waals surface area contributed by atoms with Crippen LogP contribution < -0.4 is 10.6 Å². The molecule has 1 fully saturated rings. The van der Waals surface area contributed by atoms with Crippen LogP contribution in [-0.2, 0) is 0 Å². The third kappa shape index (κ3) is 2.25. The Labute approximate surface area is 98.8 Å². The quantitative estimate of drug-likeness (QED) is 0.853. The maximum Gasteiger partial charge on any atom is 0.144 e. The Morgan fingerprint density at radius 3 is 2.80 bits per heavy atom. The Morgan fingerprint density at radius 1 is 1.47 bits per heavy atom. The van der Waals surface area contributed by atoms with Crippen molar-refractivity contribution in [1.29, 1.82) is 0 Å². The van der Waals surface area contributed by atoms with Crippen molar-refractivity contribution in [3.05, 3.63) is 16.7 Å². The molecule has 0 amide bonds. The predicted molar refractivity (Wildman–Crippen MR) is 67.0 cm³/mol. The molecular formula is C11H16BrN3. The summed E-state index contributed by atoms with van der Waals surface area (Å²) in [5.74, 6) is 1.82. The van der Waals surface area contributed by atoms with Crippen LogP contribution in [0.5, 0.6) is 0 Å². The molecule has 4 heteroatoms. The van der Waals surface area contributed by atoms with Gasteiger partial charge in [0.05, 0.1) is 10.2 Å². The standard InChI is InChI=1S/C11H16BrN3/c1-8-3-6-15(7-4-8)11-10(12)9(13)2-5-14-11/h2,5,8H,3-4,6-7H2,1H3,(H2,13,14). The summed E-state index contributed by atoms with van der Waals surface area (Å²) in [6.07, 6.45) is 4.25. The van der Waals surface area contributed by atoms with Crippen molar-refractivity contribution < 1.29 is 0 Å². The van der Waals surface area contributed by atoms with E-state index in [9.17, 15) is 0 Å². The van der Waals surface area contributed by atoms with E-state index in [0.29, 0.717) is 0 Å². The first-order valence-corrected chi connectivity index (χ1v) is 6.12. The van der Waals surface area contributed by atoms with Crippen LogP contribution in [0.2, 0.25) is 0 Å². The van der Waals surface area contributed by atoms with E-state index >= 15 is 0 Å². The third-order valence-electron chi connectivity index (χ3n) is 2.98. The van der Waals surface area contributed by atoms with Crippen molar-refractivity contribution in [3.63, 3.8) is 0 Å². The number of halogens is 1. The minimum absolute atomic E-state index is 0.763. The van der Waals surface area contributed by atoms with Gasteiger partial charge in [0.1, 0.15) is 5.82 Å². The zero-order valence-corrected chi connectivity index (χ0v) is 10.5. The second-order valence-corrected chi connectivity index (χ2v) is 5.00. The van der Waals surface area contributed by atoms with Gasteiger partial charge >= 0.3 is 0 Å². The minimum Gasteiger partial charge on any atom is -0.398 e. The molecule has 15 heavy (non-hydrogen) atoms. The largest absolute Gasteiger partial charge is 0.398 e. The molecule has 0 saturated carbocycles. The van der Waals surface area contributed by atoms with Crippen molar-refractivity contribution in [3.8, 4) is 0 Å². The van der Waals surface area contributed by atoms with Crippen LogP contribution >= 0.6 is 15.9 Å². The number of nitrogens with zero attached hydrogens (tertiary/aromatic N) is 2. The molecule has 3 nitrogen and oxygen atoms in total. The van der Waals surface area contributed by atoms with E-state index in [1.54, 1.807) is 6.20 Å². The van der Waals surface area contributed by atoms with Gasteiger partial charge < -0.3 is 10.6 Å². The average molecular weight is 270 g/mol. The van der Waals surface area contributed by atoms with Gasteiger partial charge in [0, 0.05) is 19.3 Å². The zero-order valence-electron chi connectivity index (χ0n) is 8.91. The number of hydrogen-bond acceptors (Lipinski definition) is 3. The van der Waals surface area contributed by atoms with Gasteiger partial charge in [-0.2, -0.15) is 0 Å². The van der Waals surface area contributed by atoms with Crippen molar-refractivity contribution in [1.82, 2.24) is 4.98 Å². The first-order valence-electron chi connectivity index (χ1n) is 5.33. The molecule has 1 aromatic rings. The number of hydrogen-bond donors (Lipinski definition) is 1. The topological polar surface area (TPSA) is 42.2 Å². The molecule has 1 aromatic heterocycles. The number of nitrogen functional groups attached to an aromatic ring is 1. The fourth-order valence-corrected chi connectivity index (χ4v) is 2.37. The number of piperidine rings is 1. The fourth-order valence-electron chi connectivity index (χ4n) is 1.89. The van der Waals surface area contributed by atoms with Crippen LogP contribution in [0.3, 0.4) is 0 Å². The Hall–Kier alpha value is -0.770. The highest BCUT2D eigenvalue weighted by atomic mass is 79.9. The molecular weight excluding hydrogens is 254 g/mol. The van der Waals surface area contributed by atoms with Gasteiger partial charge in [-0.1, -0.05) is 6.92 Å². The lowest BCUT2D eigenvalue weighted by Gasteiger charge is -2.31. The lowest BCUT2D eigenvalue weighted by Crippen LogP contribution is -2.33. The minimum atomic E-state index is 0.763. The first-order chi connectivity index (χ1) is 7.18. The van der Waals surface area contributed by atoms with E-state index in [0.717, 1.165) is 35.0 Å². The van der Waals surface area contributed by atoms with Crippen molar-refractivity contribution in [2.45, 2.75) is 19.8 Å². The van der Waals surface area contributed by atoms with Gasteiger partial charge in [-0.3, -0.25) is 0 Å². The monoisotopic (exact) mass is 269 g/mol. The molecule has 0 bridgehead atoms. The van der Waals surface area contributed by atoms with Crippen LogP contribution in [0.1, 0.15) is 19.8 Å². The highest BCUT2D eigenvalue weighted by Crippen LogP contribution is 2.31. The summed E-state index contributed by atoms with van der Waals surface area (Å²) in [6, 6.07) is 1.82. The van der Waals surface area contributed by atoms with E-state index < -0.39 is 0 Å². The predicted octanol–water partition coefficient (Wildman–Crippen LogP) is 2.66. The molecule has 0 aliphatic carbocycles. The number of aromatic nitrogens is 1. The summed E-state index contributed by atoms with van der Waals surface area (Å²) >= 11 is 3.50. The van der Waals surface area contributed by atoms with E-state index in [-0.39, 0.29) is 0 Å². The molecule has 2 heterocycles. The van der Waals surface area contributed by atoms with Crippen LogP contribution in [0.4, 0.5) is 11.5 Å². The Balaban J connectivity index is 2.19. The van der Waals surface area contributed by atoms with Gasteiger partial charge in [-0.15, -0.1) is 0 Å². The summed E-state index contributed by atoms with van der Waals surface area (Å²) in [7, 11) is 0. The maximum atomic E-state index is 5.84. The van der Waals surface area contributed by atoms with Crippen molar-refractivity contribution >= 4 is 27.4 Å². The van der Waals surface area contributed by atoms with Crippen molar-refractivity contribution in [2.24, 2.45) is 5.92 Å². The number of pyridine rings is 1. The molecule has 0 spiro atoms. The Morgan fingerprint density at radius 2 is 2.13 bits per heavy atom. The van der Waals surface area contributed by atoms with Gasteiger partial charge in [-0.05, 0) is 40.8 Å². The fraction of sp³-hybridized carbons (Fsp3) is 0.545. The second kappa shape index (κ2) is 4.39. The summed E-state index contributed by atoms with van der Waals surface area (Å²) in [5, 5.41) is 0. The van der Waals surface area contributed by atoms with Crippen LogP contribution in [0.25, 0.3) is 0 Å². The third-order valence-corrected chi connectivity index (χ3v) is 3.80. The number of rotatable bonds is 1. The molecule has 0 unspecified atom stereocenters. The zero-order chi connectivity index (χ0) is 10.8. The van der Waals surface area contributed by atoms with Gasteiger partial charge in [-0.25, -0.2) is 4.98 Å². The van der Waals surface area contributed by atoms with Crippen LogP contribution in [0, 0.1) is 5.92 Å². The molecule has 1 saturated heterocycles. The highest BCUT2D eigenvalue weighted by molar-refractivity contribution is 9.10. The lowest BCUT2D eigenvalue weighted by molar-refractivity contribution is 0.436. The Kier molecular flexibility index (Phi) is 3.14. The molecule has 0 aromatic carbocycles. The molecule has 1 aliphatic heterocycles. The van der Waals surface area contributed by atoms with E-state index in [1.165, 1.54) is 12.8 Å². The highest BCUT2D eigenvalue weighted by Gasteiger charge is 2.19. The number of anilines is 2. The van der Waals surface area contributed by atoms with Gasteiger partial charge in [0.15, 0.2) is 0 Å². The van der Waals surface area contributed by atoms with E-state index in [2.05, 4.69) is 32.7 Å². The summed E-state index contributed by atoms with van der Waals surface area (Å²) < 4.78 is 0.930. The van der Waals surface area contributed by atoms with Crippen LogP contribution in [-0.4, -0.2) is 18.1 Å². The van der Waals surface area contributed by atoms with Crippen molar-refractivity contribution in [2.75, 3.05) is 23.7 Å². The summed E-state index contributed by atoms with van der Waals surface area (Å²) in [4.78, 5) is 6.69. The molecule has 2 N–H and O–H groups in total. The summed E-state index contributed by atoms with van der Waals surface area (Å²) in [6.45, 7) is 4.46. The molecule has 82 valence electrons. The lowest BCUT2D eigenvalue weighted by atomic mass is 9.99. The van der Waals surface area contributed by atoms with E-state index in [1.807, 2.05) is 6.07 Å². The normalized spacial score (nSPS) is 18.1.